The number of ether oxygens (including phenoxy) is 1. The number of benzene rings is 2. The quantitative estimate of drug-likeness (QED) is 0.765. The van der Waals surface area contributed by atoms with Crippen LogP contribution < -0.4 is 10.1 Å². The average molecular weight is 289 g/mol. The van der Waals surface area contributed by atoms with E-state index in [4.69, 9.17) is 4.74 Å². The van der Waals surface area contributed by atoms with Gasteiger partial charge in [-0.15, -0.1) is 0 Å². The van der Waals surface area contributed by atoms with Crippen molar-refractivity contribution in [1.82, 2.24) is 5.32 Å². The maximum Gasteiger partial charge on any atom is 0.167 e. The Kier molecular flexibility index (Phi) is 5.72. The maximum atomic E-state index is 14.1. The van der Waals surface area contributed by atoms with E-state index in [1.807, 2.05) is 12.1 Å². The highest BCUT2D eigenvalue weighted by Crippen LogP contribution is 2.30. The standard InChI is InChI=1S/C17H20FNO2/c1-2-10-19-11-13-7-5-8-15(18)17(13)21-16-9-4-3-6-14(16)12-20/h3-9,19-20H,2,10-12H2,1H3. The van der Waals surface area contributed by atoms with Gasteiger partial charge in [-0.25, -0.2) is 4.39 Å². The molecule has 0 radical (unpaired) electrons. The van der Waals surface area contributed by atoms with Crippen LogP contribution in [0.3, 0.4) is 0 Å². The highest BCUT2D eigenvalue weighted by atomic mass is 19.1. The number of nitrogens with one attached hydrogen (secondary N) is 1. The van der Waals surface area contributed by atoms with Gasteiger partial charge in [-0.3, -0.25) is 0 Å². The summed E-state index contributed by atoms with van der Waals surface area (Å²) in [5.74, 6) is 0.280. The lowest BCUT2D eigenvalue weighted by atomic mass is 10.1. The van der Waals surface area contributed by atoms with Crippen molar-refractivity contribution in [1.29, 1.82) is 0 Å². The van der Waals surface area contributed by atoms with E-state index in [0.717, 1.165) is 18.5 Å². The second-order valence-electron chi connectivity index (χ2n) is 4.77. The van der Waals surface area contributed by atoms with Crippen LogP contribution in [0, 0.1) is 5.82 Å². The van der Waals surface area contributed by atoms with Gasteiger partial charge in [0.05, 0.1) is 6.61 Å². The number of aliphatic hydroxyl groups is 1. The largest absolute Gasteiger partial charge is 0.454 e. The molecule has 0 atom stereocenters. The summed E-state index contributed by atoms with van der Waals surface area (Å²) >= 11 is 0. The highest BCUT2D eigenvalue weighted by Gasteiger charge is 2.12. The van der Waals surface area contributed by atoms with Gasteiger partial charge in [0.2, 0.25) is 0 Å². The molecule has 0 aromatic heterocycles. The molecule has 2 aromatic rings. The van der Waals surface area contributed by atoms with Crippen LogP contribution in [-0.4, -0.2) is 11.7 Å². The van der Waals surface area contributed by atoms with Gasteiger partial charge in [-0.1, -0.05) is 37.3 Å². The van der Waals surface area contributed by atoms with Crippen LogP contribution in [0.5, 0.6) is 11.5 Å². The highest BCUT2D eigenvalue weighted by molar-refractivity contribution is 5.42. The van der Waals surface area contributed by atoms with Gasteiger partial charge in [0.1, 0.15) is 5.75 Å². The molecule has 0 bridgehead atoms. The van der Waals surface area contributed by atoms with Crippen LogP contribution in [0.1, 0.15) is 24.5 Å². The van der Waals surface area contributed by atoms with E-state index in [1.54, 1.807) is 24.3 Å². The summed E-state index contributed by atoms with van der Waals surface area (Å²) in [6.07, 6.45) is 1.01. The summed E-state index contributed by atoms with van der Waals surface area (Å²) < 4.78 is 19.8. The third kappa shape index (κ3) is 4.03. The predicted octanol–water partition coefficient (Wildman–Crippen LogP) is 3.61. The lowest BCUT2D eigenvalue weighted by Crippen LogP contribution is -2.14. The molecule has 21 heavy (non-hydrogen) atoms. The van der Waals surface area contributed by atoms with Gasteiger partial charge in [0, 0.05) is 17.7 Å². The topological polar surface area (TPSA) is 41.5 Å². The van der Waals surface area contributed by atoms with Crippen molar-refractivity contribution in [2.45, 2.75) is 26.5 Å². The lowest BCUT2D eigenvalue weighted by Gasteiger charge is -2.14. The van der Waals surface area contributed by atoms with Gasteiger partial charge in [0.25, 0.3) is 0 Å². The average Bonchev–Trinajstić information content (AvgIpc) is 2.51. The van der Waals surface area contributed by atoms with Crippen molar-refractivity contribution >= 4 is 0 Å². The molecule has 4 heteroatoms. The molecule has 112 valence electrons. The first kappa shape index (κ1) is 15.5. The predicted molar refractivity (Wildman–Crippen MR) is 80.8 cm³/mol. The minimum absolute atomic E-state index is 0.145. The molecule has 0 aliphatic carbocycles. The van der Waals surface area contributed by atoms with E-state index in [9.17, 15) is 9.50 Å². The minimum Gasteiger partial charge on any atom is -0.454 e. The Labute approximate surface area is 124 Å². The Morgan fingerprint density at radius 3 is 2.62 bits per heavy atom. The summed E-state index contributed by atoms with van der Waals surface area (Å²) in [5, 5.41) is 12.6. The number of hydrogen-bond donors (Lipinski definition) is 2. The molecule has 2 N–H and O–H groups in total. The van der Waals surface area contributed by atoms with Crippen LogP contribution in [0.4, 0.5) is 4.39 Å². The van der Waals surface area contributed by atoms with E-state index in [0.29, 0.717) is 17.9 Å². The first-order valence-corrected chi connectivity index (χ1v) is 7.11. The van der Waals surface area contributed by atoms with Crippen molar-refractivity contribution in [3.63, 3.8) is 0 Å². The molecule has 3 nitrogen and oxygen atoms in total. The summed E-state index contributed by atoms with van der Waals surface area (Å²) in [7, 11) is 0. The molecular weight excluding hydrogens is 269 g/mol. The van der Waals surface area contributed by atoms with Crippen molar-refractivity contribution < 1.29 is 14.2 Å². The number of hydrogen-bond acceptors (Lipinski definition) is 3. The molecule has 0 unspecified atom stereocenters. The van der Waals surface area contributed by atoms with Crippen molar-refractivity contribution in [2.24, 2.45) is 0 Å². The van der Waals surface area contributed by atoms with E-state index in [-0.39, 0.29) is 12.4 Å². The molecule has 0 heterocycles. The fourth-order valence-corrected chi connectivity index (χ4v) is 2.05. The molecule has 0 spiro atoms. The van der Waals surface area contributed by atoms with E-state index in [1.165, 1.54) is 6.07 Å². The zero-order chi connectivity index (χ0) is 15.1. The van der Waals surface area contributed by atoms with Gasteiger partial charge in [-0.05, 0) is 25.1 Å². The van der Waals surface area contributed by atoms with Crippen LogP contribution in [0.2, 0.25) is 0 Å². The first-order chi connectivity index (χ1) is 10.3. The Bertz CT molecular complexity index is 587. The van der Waals surface area contributed by atoms with Crippen molar-refractivity contribution in [3.8, 4) is 11.5 Å². The van der Waals surface area contributed by atoms with Gasteiger partial charge in [0.15, 0.2) is 11.6 Å². The zero-order valence-electron chi connectivity index (χ0n) is 12.1. The maximum absolute atomic E-state index is 14.1. The monoisotopic (exact) mass is 289 g/mol. The number of halogens is 1. The Hall–Kier alpha value is -1.91. The fraction of sp³-hybridized carbons (Fsp3) is 0.294. The SMILES string of the molecule is CCCNCc1cccc(F)c1Oc1ccccc1CO. The Morgan fingerprint density at radius 2 is 1.86 bits per heavy atom. The second kappa shape index (κ2) is 7.76. The van der Waals surface area contributed by atoms with E-state index < -0.39 is 5.82 Å². The summed E-state index contributed by atoms with van der Waals surface area (Å²) in [4.78, 5) is 0. The zero-order valence-corrected chi connectivity index (χ0v) is 12.1. The lowest BCUT2D eigenvalue weighted by molar-refractivity contribution is 0.276. The van der Waals surface area contributed by atoms with Gasteiger partial charge < -0.3 is 15.2 Å². The second-order valence-corrected chi connectivity index (χ2v) is 4.77. The van der Waals surface area contributed by atoms with Crippen LogP contribution in [0.25, 0.3) is 0 Å². The molecule has 0 aliphatic rings. The van der Waals surface area contributed by atoms with Crippen LogP contribution >= 0.6 is 0 Å². The molecule has 0 amide bonds. The fourth-order valence-electron chi connectivity index (χ4n) is 2.05. The molecular formula is C17H20FNO2. The summed E-state index contributed by atoms with van der Waals surface area (Å²) in [6, 6.07) is 12.0. The van der Waals surface area contributed by atoms with Crippen LogP contribution in [0.15, 0.2) is 42.5 Å². The Morgan fingerprint density at radius 1 is 1.10 bits per heavy atom. The number of rotatable bonds is 7. The molecule has 2 rings (SSSR count). The van der Waals surface area contributed by atoms with Gasteiger partial charge >= 0.3 is 0 Å². The summed E-state index contributed by atoms with van der Waals surface area (Å²) in [5.41, 5.74) is 1.39. The molecule has 2 aromatic carbocycles. The van der Waals surface area contributed by atoms with Gasteiger partial charge in [-0.2, -0.15) is 0 Å². The summed E-state index contributed by atoms with van der Waals surface area (Å²) in [6.45, 7) is 3.34. The van der Waals surface area contributed by atoms with Crippen molar-refractivity contribution in [3.05, 3.63) is 59.4 Å². The minimum atomic E-state index is -0.404. The number of aliphatic hydroxyl groups excluding tert-OH is 1. The normalized spacial score (nSPS) is 10.6. The van der Waals surface area contributed by atoms with E-state index in [2.05, 4.69) is 12.2 Å². The molecule has 0 saturated carbocycles. The third-order valence-corrected chi connectivity index (χ3v) is 3.15. The van der Waals surface area contributed by atoms with Crippen molar-refractivity contribution in [2.75, 3.05) is 6.54 Å². The first-order valence-electron chi connectivity index (χ1n) is 7.11. The molecule has 0 aliphatic heterocycles. The smallest absolute Gasteiger partial charge is 0.167 e. The van der Waals surface area contributed by atoms with Crippen LogP contribution in [-0.2, 0) is 13.2 Å². The third-order valence-electron chi connectivity index (χ3n) is 3.15. The number of para-hydroxylation sites is 2. The molecule has 0 saturated heterocycles. The van der Waals surface area contributed by atoms with E-state index >= 15 is 0 Å². The Balaban J connectivity index is 2.25. The molecule has 0 fully saturated rings.